The molecule has 0 amide bonds. The highest BCUT2D eigenvalue weighted by atomic mass is 79.9. The van der Waals surface area contributed by atoms with E-state index in [1.807, 2.05) is 30.3 Å². The first-order valence-electron chi connectivity index (χ1n) is 4.49. The lowest BCUT2D eigenvalue weighted by Gasteiger charge is -2.07. The van der Waals surface area contributed by atoms with Crippen molar-refractivity contribution in [3.8, 4) is 0 Å². The predicted octanol–water partition coefficient (Wildman–Crippen LogP) is 5.00. The molecule has 0 bridgehead atoms. The molecule has 0 radical (unpaired) electrons. The van der Waals surface area contributed by atoms with Crippen molar-refractivity contribution in [3.63, 3.8) is 0 Å². The highest BCUT2D eigenvalue weighted by molar-refractivity contribution is 9.10. The van der Waals surface area contributed by atoms with Crippen LogP contribution in [0.4, 0.5) is 11.5 Å². The minimum Gasteiger partial charge on any atom is -0.339 e. The van der Waals surface area contributed by atoms with Crippen molar-refractivity contribution >= 4 is 55.0 Å². The van der Waals surface area contributed by atoms with E-state index in [9.17, 15) is 0 Å². The smallest absolute Gasteiger partial charge is 0.130 e. The summed E-state index contributed by atoms with van der Waals surface area (Å²) in [5.74, 6) is 0.753. The number of halogens is 3. The van der Waals surface area contributed by atoms with Crippen LogP contribution in [0.3, 0.4) is 0 Å². The molecule has 0 aliphatic heterocycles. The fraction of sp³-hybridized carbons (Fsp3) is 0. The lowest BCUT2D eigenvalue weighted by molar-refractivity contribution is 1.29. The summed E-state index contributed by atoms with van der Waals surface area (Å²) in [6.07, 6.45) is 1.73. The maximum Gasteiger partial charge on any atom is 0.130 e. The summed E-state index contributed by atoms with van der Waals surface area (Å²) in [5, 5.41) is 3.81. The molecule has 0 aliphatic carbocycles. The van der Waals surface area contributed by atoms with Gasteiger partial charge < -0.3 is 5.32 Å². The van der Waals surface area contributed by atoms with Crippen molar-refractivity contribution in [3.05, 3.63) is 50.5 Å². The Bertz CT molecular complexity index is 500. The van der Waals surface area contributed by atoms with Gasteiger partial charge in [0.1, 0.15) is 5.82 Å². The molecule has 2 aromatic rings. The van der Waals surface area contributed by atoms with Crippen molar-refractivity contribution in [2.75, 3.05) is 5.32 Å². The Labute approximate surface area is 115 Å². The molecule has 2 rings (SSSR count). The Kier molecular flexibility index (Phi) is 3.84. The summed E-state index contributed by atoms with van der Waals surface area (Å²) in [6, 6.07) is 9.42. The number of aromatic nitrogens is 1. The molecule has 1 N–H and O–H groups in total. The first-order valence-corrected chi connectivity index (χ1v) is 6.45. The van der Waals surface area contributed by atoms with Crippen molar-refractivity contribution in [2.45, 2.75) is 0 Å². The van der Waals surface area contributed by atoms with Crippen LogP contribution < -0.4 is 5.32 Å². The molecule has 0 saturated carbocycles. The monoisotopic (exact) mass is 360 g/mol. The summed E-state index contributed by atoms with van der Waals surface area (Å²) >= 11 is 12.8. The predicted molar refractivity (Wildman–Crippen MR) is 74.4 cm³/mol. The van der Waals surface area contributed by atoms with E-state index in [2.05, 4.69) is 42.2 Å². The van der Waals surface area contributed by atoms with Crippen LogP contribution in [-0.4, -0.2) is 4.98 Å². The summed E-state index contributed by atoms with van der Waals surface area (Å²) in [6.45, 7) is 0. The second-order valence-corrected chi connectivity index (χ2v) is 5.35. The van der Waals surface area contributed by atoms with Crippen LogP contribution >= 0.6 is 43.5 Å². The minimum absolute atomic E-state index is 0.660. The lowest BCUT2D eigenvalue weighted by atomic mass is 10.3. The molecule has 1 aromatic heterocycles. The molecule has 0 aliphatic rings. The summed E-state index contributed by atoms with van der Waals surface area (Å²) in [7, 11) is 0. The maximum atomic E-state index is 6.06. The van der Waals surface area contributed by atoms with Crippen LogP contribution in [-0.2, 0) is 0 Å². The third kappa shape index (κ3) is 2.97. The Morgan fingerprint density at radius 3 is 2.50 bits per heavy atom. The van der Waals surface area contributed by atoms with Gasteiger partial charge in [0.25, 0.3) is 0 Å². The quantitative estimate of drug-likeness (QED) is 0.813. The molecule has 0 spiro atoms. The Morgan fingerprint density at radius 2 is 1.81 bits per heavy atom. The number of anilines is 2. The fourth-order valence-electron chi connectivity index (χ4n) is 1.18. The largest absolute Gasteiger partial charge is 0.339 e. The topological polar surface area (TPSA) is 24.9 Å². The normalized spacial score (nSPS) is 10.2. The van der Waals surface area contributed by atoms with Crippen molar-refractivity contribution < 1.29 is 0 Å². The number of hydrogen-bond acceptors (Lipinski definition) is 2. The highest BCUT2D eigenvalue weighted by Gasteiger charge is 2.02. The van der Waals surface area contributed by atoms with E-state index in [0.717, 1.165) is 20.5 Å². The molecule has 1 aromatic carbocycles. The van der Waals surface area contributed by atoms with Gasteiger partial charge in [-0.25, -0.2) is 4.98 Å². The number of rotatable bonds is 2. The standard InChI is InChI=1S/C11H7Br2ClN2/c12-7-1-3-9(14)10(5-7)16-11-4-2-8(13)6-15-11/h1-6H,(H,15,16). The van der Waals surface area contributed by atoms with E-state index >= 15 is 0 Å². The van der Waals surface area contributed by atoms with E-state index < -0.39 is 0 Å². The van der Waals surface area contributed by atoms with Gasteiger partial charge in [0.05, 0.1) is 10.7 Å². The Morgan fingerprint density at radius 1 is 1.06 bits per heavy atom. The van der Waals surface area contributed by atoms with Gasteiger partial charge in [0.15, 0.2) is 0 Å². The van der Waals surface area contributed by atoms with Gasteiger partial charge in [-0.05, 0) is 46.3 Å². The number of benzene rings is 1. The number of pyridine rings is 1. The number of nitrogens with zero attached hydrogens (tertiary/aromatic N) is 1. The minimum atomic E-state index is 0.660. The average molecular weight is 362 g/mol. The number of nitrogens with one attached hydrogen (secondary N) is 1. The van der Waals surface area contributed by atoms with E-state index in [-0.39, 0.29) is 0 Å². The van der Waals surface area contributed by atoms with Crippen LogP contribution in [0.1, 0.15) is 0 Å². The average Bonchev–Trinajstić information content (AvgIpc) is 2.27. The van der Waals surface area contributed by atoms with Crippen LogP contribution in [0, 0.1) is 0 Å². The van der Waals surface area contributed by atoms with E-state index in [1.165, 1.54) is 0 Å². The SMILES string of the molecule is Clc1ccc(Br)cc1Nc1ccc(Br)cn1. The first-order chi connectivity index (χ1) is 7.65. The summed E-state index contributed by atoms with van der Waals surface area (Å²) < 4.78 is 1.91. The highest BCUT2D eigenvalue weighted by Crippen LogP contribution is 2.28. The Balaban J connectivity index is 2.26. The van der Waals surface area contributed by atoms with Gasteiger partial charge in [0, 0.05) is 15.1 Å². The van der Waals surface area contributed by atoms with Gasteiger partial charge in [-0.1, -0.05) is 27.5 Å². The molecule has 0 fully saturated rings. The zero-order valence-corrected chi connectivity index (χ0v) is 12.0. The second-order valence-electron chi connectivity index (χ2n) is 3.11. The third-order valence-corrected chi connectivity index (χ3v) is 3.21. The lowest BCUT2D eigenvalue weighted by Crippen LogP contribution is -1.93. The second kappa shape index (κ2) is 5.17. The fourth-order valence-corrected chi connectivity index (χ4v) is 1.94. The summed E-state index contributed by atoms with van der Waals surface area (Å²) in [5.41, 5.74) is 0.825. The maximum absolute atomic E-state index is 6.06. The summed E-state index contributed by atoms with van der Waals surface area (Å²) in [4.78, 5) is 4.21. The third-order valence-electron chi connectivity index (χ3n) is 1.92. The molecule has 82 valence electrons. The van der Waals surface area contributed by atoms with Crippen LogP contribution in [0.5, 0.6) is 0 Å². The molecule has 2 nitrogen and oxygen atoms in total. The first kappa shape index (κ1) is 11.9. The zero-order chi connectivity index (χ0) is 11.5. The van der Waals surface area contributed by atoms with Gasteiger partial charge in [0.2, 0.25) is 0 Å². The van der Waals surface area contributed by atoms with Gasteiger partial charge in [-0.3, -0.25) is 0 Å². The van der Waals surface area contributed by atoms with Crippen LogP contribution in [0.25, 0.3) is 0 Å². The van der Waals surface area contributed by atoms with Crippen molar-refractivity contribution in [1.82, 2.24) is 4.98 Å². The van der Waals surface area contributed by atoms with Gasteiger partial charge in [-0.2, -0.15) is 0 Å². The van der Waals surface area contributed by atoms with Crippen LogP contribution in [0.2, 0.25) is 5.02 Å². The van der Waals surface area contributed by atoms with E-state index in [0.29, 0.717) is 5.02 Å². The van der Waals surface area contributed by atoms with Crippen LogP contribution in [0.15, 0.2) is 45.5 Å². The molecule has 5 heteroatoms. The van der Waals surface area contributed by atoms with E-state index in [4.69, 9.17) is 11.6 Å². The number of hydrogen-bond donors (Lipinski definition) is 1. The molecule has 0 atom stereocenters. The Hall–Kier alpha value is -0.580. The van der Waals surface area contributed by atoms with Crippen molar-refractivity contribution in [1.29, 1.82) is 0 Å². The van der Waals surface area contributed by atoms with Gasteiger partial charge in [-0.15, -0.1) is 0 Å². The molecular weight excluding hydrogens is 355 g/mol. The molecule has 16 heavy (non-hydrogen) atoms. The zero-order valence-electron chi connectivity index (χ0n) is 8.05. The molecule has 1 heterocycles. The van der Waals surface area contributed by atoms with E-state index in [1.54, 1.807) is 6.20 Å². The van der Waals surface area contributed by atoms with Gasteiger partial charge >= 0.3 is 0 Å². The van der Waals surface area contributed by atoms with Crippen molar-refractivity contribution in [2.24, 2.45) is 0 Å². The molecule has 0 saturated heterocycles. The molecule has 0 unspecified atom stereocenters. The molecular formula is C11H7Br2ClN2.